The lowest BCUT2D eigenvalue weighted by Gasteiger charge is -2.08. The van der Waals surface area contributed by atoms with E-state index in [1.165, 1.54) is 0 Å². The minimum atomic E-state index is -0.706. The highest BCUT2D eigenvalue weighted by Crippen LogP contribution is 2.34. The van der Waals surface area contributed by atoms with Gasteiger partial charge in [-0.15, -0.1) is 0 Å². The van der Waals surface area contributed by atoms with Gasteiger partial charge >= 0.3 is 11.9 Å². The zero-order chi connectivity index (χ0) is 12.5. The summed E-state index contributed by atoms with van der Waals surface area (Å²) in [5, 5.41) is 0. The van der Waals surface area contributed by atoms with Gasteiger partial charge in [0.15, 0.2) is 0 Å². The minimum absolute atomic E-state index is 0.176. The molecule has 3 rings (SSSR count). The second kappa shape index (κ2) is 4.29. The Morgan fingerprint density at radius 3 is 2.67 bits per heavy atom. The average molecular weight is 244 g/mol. The first-order valence-electron chi connectivity index (χ1n) is 5.87. The zero-order valence-corrected chi connectivity index (χ0v) is 9.61. The van der Waals surface area contributed by atoms with E-state index in [1.807, 2.05) is 42.5 Å². The molecule has 3 atom stereocenters. The Morgan fingerprint density at radius 1 is 1.11 bits per heavy atom. The fourth-order valence-corrected chi connectivity index (χ4v) is 2.33. The SMILES string of the molecule is O=C1C[C@@H]2[C@H](O1)C(=O)O[C@@H]2/C=C/c1ccccc1. The van der Waals surface area contributed by atoms with Gasteiger partial charge in [-0.2, -0.15) is 0 Å². The van der Waals surface area contributed by atoms with E-state index in [-0.39, 0.29) is 24.4 Å². The molecule has 0 aliphatic carbocycles. The molecule has 2 aliphatic rings. The molecule has 0 N–H and O–H groups in total. The van der Waals surface area contributed by atoms with Crippen LogP contribution in [-0.2, 0) is 19.1 Å². The van der Waals surface area contributed by atoms with Crippen LogP contribution in [0.4, 0.5) is 0 Å². The van der Waals surface area contributed by atoms with E-state index in [2.05, 4.69) is 0 Å². The standard InChI is InChI=1S/C14H12O4/c15-12-8-10-11(17-14(16)13(10)18-12)7-6-9-4-2-1-3-5-9/h1-7,10-11,13H,8H2/b7-6+/t10-,11+,13-/m0/s1. The second-order valence-electron chi connectivity index (χ2n) is 4.45. The molecular weight excluding hydrogens is 232 g/mol. The van der Waals surface area contributed by atoms with Crippen LogP contribution in [0.5, 0.6) is 0 Å². The molecule has 4 nitrogen and oxygen atoms in total. The van der Waals surface area contributed by atoms with Gasteiger partial charge in [0.1, 0.15) is 6.10 Å². The number of esters is 2. The molecule has 0 unspecified atom stereocenters. The minimum Gasteiger partial charge on any atom is -0.455 e. The zero-order valence-electron chi connectivity index (χ0n) is 9.61. The van der Waals surface area contributed by atoms with Crippen molar-refractivity contribution in [3.63, 3.8) is 0 Å². The van der Waals surface area contributed by atoms with Crippen LogP contribution in [0.2, 0.25) is 0 Å². The topological polar surface area (TPSA) is 52.6 Å². The van der Waals surface area contributed by atoms with Crippen molar-refractivity contribution >= 4 is 18.0 Å². The molecule has 0 aromatic heterocycles. The van der Waals surface area contributed by atoms with Crippen LogP contribution in [0.15, 0.2) is 36.4 Å². The second-order valence-corrected chi connectivity index (χ2v) is 4.45. The first-order valence-corrected chi connectivity index (χ1v) is 5.87. The largest absolute Gasteiger partial charge is 0.455 e. The number of cyclic esters (lactones) is 1. The van der Waals surface area contributed by atoms with Gasteiger partial charge in [0.05, 0.1) is 12.3 Å². The molecule has 1 aromatic carbocycles. The Kier molecular flexibility index (Phi) is 2.63. The van der Waals surface area contributed by atoms with E-state index in [9.17, 15) is 9.59 Å². The summed E-state index contributed by atoms with van der Waals surface area (Å²) in [6.07, 6.45) is 2.89. The third-order valence-electron chi connectivity index (χ3n) is 3.23. The number of carbonyl (C=O) groups excluding carboxylic acids is 2. The van der Waals surface area contributed by atoms with Gasteiger partial charge in [-0.3, -0.25) is 4.79 Å². The third-order valence-corrected chi connectivity index (χ3v) is 3.23. The van der Waals surface area contributed by atoms with Crippen LogP contribution in [0.25, 0.3) is 6.08 Å². The Balaban J connectivity index is 1.76. The first-order chi connectivity index (χ1) is 8.74. The summed E-state index contributed by atoms with van der Waals surface area (Å²) < 4.78 is 10.1. The molecule has 1 aromatic rings. The number of rotatable bonds is 2. The molecule has 4 heteroatoms. The summed E-state index contributed by atoms with van der Waals surface area (Å²) in [6.45, 7) is 0. The molecule has 0 radical (unpaired) electrons. The molecule has 2 aliphatic heterocycles. The molecular formula is C14H12O4. The van der Waals surface area contributed by atoms with E-state index in [1.54, 1.807) is 0 Å². The molecule has 18 heavy (non-hydrogen) atoms. The van der Waals surface area contributed by atoms with Crippen molar-refractivity contribution in [1.82, 2.24) is 0 Å². The van der Waals surface area contributed by atoms with E-state index in [0.717, 1.165) is 5.56 Å². The Bertz CT molecular complexity index is 506. The normalized spacial score (nSPS) is 30.3. The third kappa shape index (κ3) is 1.90. The van der Waals surface area contributed by atoms with Crippen molar-refractivity contribution in [3.05, 3.63) is 42.0 Å². The summed E-state index contributed by atoms with van der Waals surface area (Å²) >= 11 is 0. The monoisotopic (exact) mass is 244 g/mol. The van der Waals surface area contributed by atoms with Crippen LogP contribution in [-0.4, -0.2) is 24.1 Å². The van der Waals surface area contributed by atoms with Crippen molar-refractivity contribution in [3.8, 4) is 0 Å². The number of benzene rings is 1. The van der Waals surface area contributed by atoms with Crippen molar-refractivity contribution in [1.29, 1.82) is 0 Å². The fourth-order valence-electron chi connectivity index (χ4n) is 2.33. The highest BCUT2D eigenvalue weighted by molar-refractivity contribution is 5.86. The van der Waals surface area contributed by atoms with Crippen LogP contribution in [0.3, 0.4) is 0 Å². The van der Waals surface area contributed by atoms with Crippen LogP contribution >= 0.6 is 0 Å². The van der Waals surface area contributed by atoms with Crippen LogP contribution in [0, 0.1) is 5.92 Å². The summed E-state index contributed by atoms with van der Waals surface area (Å²) in [5.74, 6) is -0.932. The lowest BCUT2D eigenvalue weighted by Crippen LogP contribution is -2.19. The molecule has 2 heterocycles. The average Bonchev–Trinajstić information content (AvgIpc) is 2.88. The molecule has 0 bridgehead atoms. The van der Waals surface area contributed by atoms with Crippen molar-refractivity contribution in [2.75, 3.05) is 0 Å². The Labute approximate surface area is 104 Å². The number of hydrogen-bond acceptors (Lipinski definition) is 4. The molecule has 2 fully saturated rings. The summed E-state index contributed by atoms with van der Waals surface area (Å²) in [4.78, 5) is 22.7. The maximum Gasteiger partial charge on any atom is 0.348 e. The van der Waals surface area contributed by atoms with Gasteiger partial charge < -0.3 is 9.47 Å². The summed E-state index contributed by atoms with van der Waals surface area (Å²) in [6, 6.07) is 9.73. The van der Waals surface area contributed by atoms with Gasteiger partial charge in [0, 0.05) is 0 Å². The number of fused-ring (bicyclic) bond motifs is 1. The van der Waals surface area contributed by atoms with Gasteiger partial charge in [0.2, 0.25) is 6.10 Å². The predicted molar refractivity (Wildman–Crippen MR) is 63.3 cm³/mol. The van der Waals surface area contributed by atoms with Crippen molar-refractivity contribution in [2.24, 2.45) is 5.92 Å². The molecule has 0 saturated carbocycles. The number of ether oxygens (including phenoxy) is 2. The number of hydrogen-bond donors (Lipinski definition) is 0. The molecule has 92 valence electrons. The lowest BCUT2D eigenvalue weighted by atomic mass is 9.97. The first kappa shape index (κ1) is 11.0. The van der Waals surface area contributed by atoms with E-state index in [4.69, 9.17) is 9.47 Å². The van der Waals surface area contributed by atoms with Crippen LogP contribution < -0.4 is 0 Å². The maximum atomic E-state index is 11.5. The van der Waals surface area contributed by atoms with E-state index >= 15 is 0 Å². The highest BCUT2D eigenvalue weighted by atomic mass is 16.6. The summed E-state index contributed by atoms with van der Waals surface area (Å²) in [7, 11) is 0. The van der Waals surface area contributed by atoms with Gasteiger partial charge in [-0.05, 0) is 11.6 Å². The van der Waals surface area contributed by atoms with Crippen LogP contribution in [0.1, 0.15) is 12.0 Å². The lowest BCUT2D eigenvalue weighted by molar-refractivity contribution is -0.157. The smallest absolute Gasteiger partial charge is 0.348 e. The highest BCUT2D eigenvalue weighted by Gasteiger charge is 2.51. The Morgan fingerprint density at radius 2 is 1.89 bits per heavy atom. The quantitative estimate of drug-likeness (QED) is 0.741. The van der Waals surface area contributed by atoms with E-state index in [0.29, 0.717) is 0 Å². The predicted octanol–water partition coefficient (Wildman–Crippen LogP) is 1.56. The molecule has 0 amide bonds. The Hall–Kier alpha value is -2.10. The van der Waals surface area contributed by atoms with Gasteiger partial charge in [0.25, 0.3) is 0 Å². The fraction of sp³-hybridized carbons (Fsp3) is 0.286. The van der Waals surface area contributed by atoms with Gasteiger partial charge in [-0.1, -0.05) is 36.4 Å². The van der Waals surface area contributed by atoms with Gasteiger partial charge in [-0.25, -0.2) is 4.79 Å². The summed E-state index contributed by atoms with van der Waals surface area (Å²) in [5.41, 5.74) is 1.03. The van der Waals surface area contributed by atoms with E-state index < -0.39 is 12.1 Å². The van der Waals surface area contributed by atoms with Crippen molar-refractivity contribution < 1.29 is 19.1 Å². The molecule has 2 saturated heterocycles. The molecule has 0 spiro atoms. The number of carbonyl (C=O) groups is 2. The maximum absolute atomic E-state index is 11.5. The van der Waals surface area contributed by atoms with Crippen molar-refractivity contribution in [2.45, 2.75) is 18.6 Å².